The maximum Gasteiger partial charge on any atom is 0.226 e. The third kappa shape index (κ3) is 5.82. The van der Waals surface area contributed by atoms with Gasteiger partial charge >= 0.3 is 0 Å². The maximum atomic E-state index is 13.4. The van der Waals surface area contributed by atoms with Gasteiger partial charge in [-0.15, -0.1) is 0 Å². The molecule has 166 valence electrons. The van der Waals surface area contributed by atoms with Gasteiger partial charge in [0.1, 0.15) is 17.4 Å². The normalized spacial score (nSPS) is 20.6. The highest BCUT2D eigenvalue weighted by molar-refractivity contribution is 5.78. The number of hydrogen-bond donors (Lipinski definition) is 0. The fraction of sp³-hybridized carbons (Fsp3) is 0.480. The summed E-state index contributed by atoms with van der Waals surface area (Å²) in [5, 5.41) is 0. The Morgan fingerprint density at radius 3 is 2.61 bits per heavy atom. The van der Waals surface area contributed by atoms with Crippen LogP contribution in [0.2, 0.25) is 0 Å². The molecular formula is C25H29F2NO3. The number of piperidine rings is 1. The van der Waals surface area contributed by atoms with Crippen molar-refractivity contribution in [2.75, 3.05) is 26.3 Å². The quantitative estimate of drug-likeness (QED) is 0.664. The van der Waals surface area contributed by atoms with Gasteiger partial charge in [-0.05, 0) is 80.0 Å². The van der Waals surface area contributed by atoms with Crippen LogP contribution in [0.4, 0.5) is 8.78 Å². The third-order valence-electron chi connectivity index (χ3n) is 6.48. The summed E-state index contributed by atoms with van der Waals surface area (Å²) in [4.78, 5) is 14.5. The van der Waals surface area contributed by atoms with Crippen LogP contribution in [0.1, 0.15) is 37.7 Å². The first-order valence-corrected chi connectivity index (χ1v) is 11.1. The topological polar surface area (TPSA) is 38.8 Å². The van der Waals surface area contributed by atoms with Crippen LogP contribution >= 0.6 is 0 Å². The first kappa shape index (κ1) is 21.8. The molecule has 2 aliphatic heterocycles. The van der Waals surface area contributed by atoms with Crippen molar-refractivity contribution in [1.29, 1.82) is 0 Å². The smallest absolute Gasteiger partial charge is 0.226 e. The molecule has 0 aliphatic carbocycles. The van der Waals surface area contributed by atoms with E-state index in [2.05, 4.69) is 0 Å². The summed E-state index contributed by atoms with van der Waals surface area (Å²) in [5.41, 5.74) is 0.550. The molecule has 2 aliphatic rings. The lowest BCUT2D eigenvalue weighted by Gasteiger charge is -2.46. The van der Waals surface area contributed by atoms with Crippen LogP contribution < -0.4 is 4.74 Å². The van der Waals surface area contributed by atoms with E-state index in [0.29, 0.717) is 36.9 Å². The molecule has 2 heterocycles. The van der Waals surface area contributed by atoms with E-state index < -0.39 is 0 Å². The zero-order chi connectivity index (χ0) is 21.7. The average Bonchev–Trinajstić information content (AvgIpc) is 2.76. The number of carbonyl (C=O) groups excluding carboxylic acids is 1. The molecule has 0 bridgehead atoms. The summed E-state index contributed by atoms with van der Waals surface area (Å²) in [7, 11) is 0. The highest BCUT2D eigenvalue weighted by atomic mass is 19.1. The molecule has 2 saturated heterocycles. The number of likely N-dealkylation sites (tertiary alicyclic amines) is 1. The molecule has 0 N–H and O–H groups in total. The third-order valence-corrected chi connectivity index (χ3v) is 6.48. The molecule has 0 aromatic heterocycles. The fourth-order valence-corrected chi connectivity index (χ4v) is 4.70. The largest absolute Gasteiger partial charge is 0.494 e. The van der Waals surface area contributed by atoms with Gasteiger partial charge in [-0.25, -0.2) is 8.78 Å². The zero-order valence-corrected chi connectivity index (χ0v) is 17.7. The molecule has 31 heavy (non-hydrogen) atoms. The van der Waals surface area contributed by atoms with Crippen molar-refractivity contribution in [3.8, 4) is 5.75 Å². The van der Waals surface area contributed by atoms with Crippen molar-refractivity contribution in [2.45, 2.75) is 44.1 Å². The Morgan fingerprint density at radius 1 is 1.10 bits per heavy atom. The predicted octanol–water partition coefficient (Wildman–Crippen LogP) is 4.76. The second kappa shape index (κ2) is 9.77. The number of rotatable bonds is 6. The summed E-state index contributed by atoms with van der Waals surface area (Å²) >= 11 is 0. The molecule has 1 unspecified atom stereocenters. The fourth-order valence-electron chi connectivity index (χ4n) is 4.70. The molecule has 0 saturated carbocycles. The Balaban J connectivity index is 1.23. The molecule has 4 rings (SSSR count). The summed E-state index contributed by atoms with van der Waals surface area (Å²) in [5.74, 6) is 0.671. The minimum absolute atomic E-state index is 0.0421. The number of nitrogens with zero attached hydrogens (tertiary/aromatic N) is 1. The van der Waals surface area contributed by atoms with Gasteiger partial charge in [0.15, 0.2) is 0 Å². The van der Waals surface area contributed by atoms with E-state index in [9.17, 15) is 13.6 Å². The van der Waals surface area contributed by atoms with E-state index in [1.165, 1.54) is 24.3 Å². The minimum Gasteiger partial charge on any atom is -0.494 e. The Bertz CT molecular complexity index is 879. The molecule has 6 heteroatoms. The van der Waals surface area contributed by atoms with Crippen LogP contribution in [0.25, 0.3) is 0 Å². The standard InChI is InChI=1S/C25H29F2NO3/c26-21-4-6-23(7-5-21)30-14-8-19-9-15-31-25(18-19)10-12-28(13-11-25)24(29)17-20-2-1-3-22(27)16-20/h1-7,16,19H,8-15,17-18H2. The van der Waals surface area contributed by atoms with Gasteiger partial charge in [0.05, 0.1) is 18.6 Å². The highest BCUT2D eigenvalue weighted by Crippen LogP contribution is 2.39. The van der Waals surface area contributed by atoms with Crippen LogP contribution in [-0.4, -0.2) is 42.7 Å². The van der Waals surface area contributed by atoms with Crippen LogP contribution in [0.5, 0.6) is 5.75 Å². The van der Waals surface area contributed by atoms with Crippen LogP contribution in [0.3, 0.4) is 0 Å². The zero-order valence-electron chi connectivity index (χ0n) is 17.7. The predicted molar refractivity (Wildman–Crippen MR) is 114 cm³/mol. The van der Waals surface area contributed by atoms with E-state index in [0.717, 1.165) is 38.7 Å². The van der Waals surface area contributed by atoms with Gasteiger partial charge in [-0.3, -0.25) is 4.79 Å². The second-order valence-electron chi connectivity index (χ2n) is 8.67. The van der Waals surface area contributed by atoms with E-state index in [-0.39, 0.29) is 29.6 Å². The van der Waals surface area contributed by atoms with Crippen molar-refractivity contribution in [2.24, 2.45) is 5.92 Å². The first-order valence-electron chi connectivity index (χ1n) is 11.1. The van der Waals surface area contributed by atoms with E-state index >= 15 is 0 Å². The molecular weight excluding hydrogens is 400 g/mol. The lowest BCUT2D eigenvalue weighted by atomic mass is 9.78. The van der Waals surface area contributed by atoms with Crippen LogP contribution in [0.15, 0.2) is 48.5 Å². The molecule has 1 atom stereocenters. The van der Waals surface area contributed by atoms with E-state index in [1.54, 1.807) is 24.3 Å². The first-order chi connectivity index (χ1) is 15.0. The van der Waals surface area contributed by atoms with Gasteiger partial charge in [-0.2, -0.15) is 0 Å². The van der Waals surface area contributed by atoms with Crippen molar-refractivity contribution in [3.05, 3.63) is 65.7 Å². The Hall–Kier alpha value is -2.47. The summed E-state index contributed by atoms with van der Waals surface area (Å²) < 4.78 is 38.3. The molecule has 2 aromatic carbocycles. The molecule has 1 spiro atoms. The number of ether oxygens (including phenoxy) is 2. The molecule has 1 amide bonds. The number of amides is 1. The average molecular weight is 430 g/mol. The summed E-state index contributed by atoms with van der Waals surface area (Å²) in [6.45, 7) is 2.68. The van der Waals surface area contributed by atoms with E-state index in [4.69, 9.17) is 9.47 Å². The van der Waals surface area contributed by atoms with Crippen molar-refractivity contribution in [1.82, 2.24) is 4.90 Å². The summed E-state index contributed by atoms with van der Waals surface area (Å²) in [6, 6.07) is 12.3. The Labute approximate surface area is 182 Å². The van der Waals surface area contributed by atoms with Crippen LogP contribution in [0, 0.1) is 17.6 Å². The Kier molecular flexibility index (Phi) is 6.86. The minimum atomic E-state index is -0.312. The van der Waals surface area contributed by atoms with Crippen LogP contribution in [-0.2, 0) is 16.0 Å². The lowest BCUT2D eigenvalue weighted by Crippen LogP contribution is -2.51. The maximum absolute atomic E-state index is 13.4. The second-order valence-corrected chi connectivity index (χ2v) is 8.67. The van der Waals surface area contributed by atoms with Crippen molar-refractivity contribution >= 4 is 5.91 Å². The Morgan fingerprint density at radius 2 is 1.87 bits per heavy atom. The molecule has 4 nitrogen and oxygen atoms in total. The SMILES string of the molecule is O=C(Cc1cccc(F)c1)N1CCC2(CC1)CC(CCOc1ccc(F)cc1)CCO2. The molecule has 0 radical (unpaired) electrons. The van der Waals surface area contributed by atoms with Gasteiger partial charge in [0, 0.05) is 19.7 Å². The van der Waals surface area contributed by atoms with Gasteiger partial charge in [-0.1, -0.05) is 12.1 Å². The van der Waals surface area contributed by atoms with Crippen molar-refractivity contribution in [3.63, 3.8) is 0 Å². The van der Waals surface area contributed by atoms with Gasteiger partial charge in [0.2, 0.25) is 5.91 Å². The van der Waals surface area contributed by atoms with Gasteiger partial charge in [0.25, 0.3) is 0 Å². The van der Waals surface area contributed by atoms with E-state index in [1.807, 2.05) is 4.90 Å². The monoisotopic (exact) mass is 429 g/mol. The number of hydrogen-bond acceptors (Lipinski definition) is 3. The molecule has 2 aromatic rings. The van der Waals surface area contributed by atoms with Crippen molar-refractivity contribution < 1.29 is 23.0 Å². The number of carbonyl (C=O) groups is 1. The number of benzene rings is 2. The highest BCUT2D eigenvalue weighted by Gasteiger charge is 2.40. The lowest BCUT2D eigenvalue weighted by molar-refractivity contribution is -0.147. The van der Waals surface area contributed by atoms with Gasteiger partial charge < -0.3 is 14.4 Å². The molecule has 2 fully saturated rings. The number of halogens is 2. The summed E-state index contributed by atoms with van der Waals surface area (Å²) in [6.07, 6.45) is 4.82.